The Morgan fingerprint density at radius 1 is 0.202 bits per heavy atom. The number of hydrogen-bond acceptors (Lipinski definition) is 6. The number of hydrogen-bond donors (Lipinski definition) is 0. The molecule has 0 bridgehead atoms. The molecule has 0 unspecified atom stereocenters. The first kappa shape index (κ1) is 113. The van der Waals surface area contributed by atoms with E-state index in [0.717, 1.165) is 0 Å². The third kappa shape index (κ3) is 58.7. The van der Waals surface area contributed by atoms with Gasteiger partial charge in [-0.2, -0.15) is 0 Å². The quantitative estimate of drug-likeness (QED) is 0.0714. The Labute approximate surface area is 696 Å². The molecule has 0 spiro atoms. The van der Waals surface area contributed by atoms with Crippen LogP contribution in [-0.2, 0) is 39.0 Å². The summed E-state index contributed by atoms with van der Waals surface area (Å²) < 4.78 is 237. The molecule has 0 amide bonds. The second-order valence-electron chi connectivity index (χ2n) is 24.3. The van der Waals surface area contributed by atoms with Gasteiger partial charge in [0.2, 0.25) is 0 Å². The molecule has 6 aromatic carbocycles. The van der Waals surface area contributed by atoms with E-state index in [2.05, 4.69) is 255 Å². The van der Waals surface area contributed by atoms with Gasteiger partial charge < -0.3 is 0 Å². The molecule has 0 atom stereocenters. The van der Waals surface area contributed by atoms with Crippen LogP contribution in [0.2, 0.25) is 0 Å². The van der Waals surface area contributed by atoms with E-state index in [1.807, 2.05) is 73.6 Å². The van der Waals surface area contributed by atoms with Crippen molar-refractivity contribution in [2.75, 3.05) is 90.7 Å². The number of aromatic nitrogens is 6. The summed E-state index contributed by atoms with van der Waals surface area (Å²) in [5.74, 6) is 0. The van der Waals surface area contributed by atoms with Gasteiger partial charge in [-0.05, 0) is 72.8 Å². The van der Waals surface area contributed by atoms with Crippen LogP contribution in [0.15, 0.2) is 219 Å². The number of para-hydroxylation sites is 6. The fourth-order valence-electron chi connectivity index (χ4n) is 9.05. The van der Waals surface area contributed by atoms with Crippen molar-refractivity contribution in [1.82, 2.24) is 29.9 Å². The van der Waals surface area contributed by atoms with Crippen LogP contribution in [0.1, 0.15) is 0 Å². The molecule has 46 heteroatoms. The molecule has 0 radical (unpaired) electrons. The number of benzene rings is 6. The maximum atomic E-state index is 9.87. The molecule has 0 aliphatic rings. The molecular formula is C68H82Cl4F24N6P10Ru2+6. The normalized spacial score (nSPS) is 13.5. The predicted molar refractivity (Wildman–Crippen MR) is 457 cm³/mol. The number of halogens is 28. The Hall–Kier alpha value is -3.19. The zero-order chi connectivity index (χ0) is 86.6. The van der Waals surface area contributed by atoms with Crippen molar-refractivity contribution >= 4 is 222 Å². The van der Waals surface area contributed by atoms with Gasteiger partial charge in [-0.25, -0.2) is 0 Å². The molecule has 6 nitrogen and oxygen atoms in total. The molecular weight excluding hydrogens is 2010 g/mol. The number of fused-ring (bicyclic) bond motifs is 6. The van der Waals surface area contributed by atoms with Crippen molar-refractivity contribution in [1.29, 1.82) is 0 Å². The van der Waals surface area contributed by atoms with E-state index >= 15 is 0 Å². The minimum Gasteiger partial charge on any atom is 2.00 e. The van der Waals surface area contributed by atoms with E-state index in [0.29, 0.717) is 0 Å². The fraction of sp³-hybridized carbons (Fsp3) is 0.206. The van der Waals surface area contributed by atoms with Gasteiger partial charge in [-0.3, -0.25) is 29.9 Å². The van der Waals surface area contributed by atoms with Crippen LogP contribution >= 0.6 is 125 Å². The molecule has 114 heavy (non-hydrogen) atoms. The van der Waals surface area contributed by atoms with Crippen molar-refractivity contribution in [3.63, 3.8) is 0 Å². The smallest absolute Gasteiger partial charge is 2.00 e. The second kappa shape index (κ2) is 43.5. The first-order chi connectivity index (χ1) is 50.4. The maximum Gasteiger partial charge on any atom is 2.00 e. The number of nitrogens with zero attached hydrogens (tertiary/aromatic N) is 6. The zero-order valence-electron chi connectivity index (χ0n) is 62.0. The summed E-state index contributed by atoms with van der Waals surface area (Å²) in [6.45, 7) is 27.6. The average Bonchev–Trinajstić information content (AvgIpc) is 0.792. The Morgan fingerprint density at radius 2 is 0.289 bits per heavy atom. The van der Waals surface area contributed by atoms with Gasteiger partial charge >= 0.3 is 171 Å². The molecule has 0 N–H and O–H groups in total. The van der Waals surface area contributed by atoms with Gasteiger partial charge in [0.1, 0.15) is 64.9 Å². The van der Waals surface area contributed by atoms with Crippen LogP contribution in [-0.4, -0.2) is 121 Å². The van der Waals surface area contributed by atoms with E-state index in [9.17, 15) is 101 Å². The van der Waals surface area contributed by atoms with Gasteiger partial charge in [0.15, 0.2) is 0 Å². The summed E-state index contributed by atoms with van der Waals surface area (Å²) in [7, 11) is -45.0. The number of alkyl halides is 4. The minimum atomic E-state index is -10.7. The largest absolute Gasteiger partial charge is 2.00 e. The van der Waals surface area contributed by atoms with Gasteiger partial charge in [-0.1, -0.05) is 109 Å². The molecule has 6 aromatic heterocycles. The first-order valence-electron chi connectivity index (χ1n) is 31.7. The van der Waals surface area contributed by atoms with E-state index in [1.165, 1.54) is 97.2 Å². The number of pyridine rings is 6. The molecule has 0 aliphatic heterocycles. The fourth-order valence-corrected chi connectivity index (χ4v) is 15.7. The van der Waals surface area contributed by atoms with Crippen molar-refractivity contribution in [2.24, 2.45) is 0 Å². The Balaban J connectivity index is 0. The third-order valence-electron chi connectivity index (χ3n) is 13.0. The van der Waals surface area contributed by atoms with Gasteiger partial charge in [0.25, 0.3) is 0 Å². The van der Waals surface area contributed by atoms with Crippen molar-refractivity contribution in [3.05, 3.63) is 219 Å². The van der Waals surface area contributed by atoms with Crippen LogP contribution < -0.4 is 31.8 Å². The van der Waals surface area contributed by atoms with Gasteiger partial charge in [-0.15, -0.1) is 46.4 Å². The summed E-state index contributed by atoms with van der Waals surface area (Å²) >= 11 is 19.1. The average molecular weight is 2090 g/mol. The molecule has 12 aromatic rings. The summed E-state index contributed by atoms with van der Waals surface area (Å²) in [6, 6.07) is 63.3. The van der Waals surface area contributed by atoms with Crippen LogP contribution in [0.3, 0.4) is 0 Å². The van der Waals surface area contributed by atoms with Crippen LogP contribution in [0.5, 0.6) is 0 Å². The molecule has 6 heterocycles. The molecule has 0 fully saturated rings. The maximum absolute atomic E-state index is 10.7. The Bertz CT molecular complexity index is 4120. The summed E-state index contributed by atoms with van der Waals surface area (Å²) in [5.41, 5.74) is 7.10. The summed E-state index contributed by atoms with van der Waals surface area (Å²) in [6.07, 6.45) is 11.2. The second-order valence-corrected chi connectivity index (χ2v) is 48.8. The summed E-state index contributed by atoms with van der Waals surface area (Å²) in [4.78, 5) is 26.6. The predicted octanol–water partition coefficient (Wildman–Crippen LogP) is 30.4. The van der Waals surface area contributed by atoms with Crippen LogP contribution in [0.4, 0.5) is 101 Å². The van der Waals surface area contributed by atoms with Crippen LogP contribution in [0.25, 0.3) is 65.4 Å². The number of rotatable bonds is 6. The topological polar surface area (TPSA) is 77.3 Å². The van der Waals surface area contributed by atoms with Crippen LogP contribution in [0, 0.1) is 0 Å². The van der Waals surface area contributed by atoms with Crippen molar-refractivity contribution < 1.29 is 140 Å². The van der Waals surface area contributed by atoms with E-state index in [-0.39, 0.29) is 49.6 Å². The Morgan fingerprint density at radius 3 is 0.377 bits per heavy atom. The van der Waals surface area contributed by atoms with Crippen molar-refractivity contribution in [2.45, 2.75) is 0 Å². The first-order valence-corrected chi connectivity index (χ1v) is 57.0. The van der Waals surface area contributed by atoms with Gasteiger partial charge in [0, 0.05) is 117 Å². The van der Waals surface area contributed by atoms with E-state index in [1.54, 1.807) is 0 Å². The summed E-state index contributed by atoms with van der Waals surface area (Å²) in [5, 5.41) is 16.5. The van der Waals surface area contributed by atoms with Gasteiger partial charge in [0.05, 0.1) is 90.7 Å². The minimum absolute atomic E-state index is 0. The Kier molecular flexibility index (Phi) is 43.1. The molecule has 0 aliphatic carbocycles. The van der Waals surface area contributed by atoms with E-state index < -0.39 is 78.8 Å². The van der Waals surface area contributed by atoms with Crippen molar-refractivity contribution in [3.8, 4) is 0 Å². The monoisotopic (exact) mass is 2090 g/mol. The SMILES string of the molecule is C[PH+](C)c1cccc2cccnc12.C[PH+](C)c1cccc2cccnc12.C[PH+](C)c1cccc2cccnc12.C[PH+](C)c1cccc2cccnc12.C[PH+](C)c1cccc2cccnc12.C[PH+](C)c1cccc2cccnc12.ClCCl.ClCCl.F[P-](F)(F)(F)(F)F.F[P-](F)(F)(F)(F)F.F[P-](F)(F)(F)(F)F.F[P-](F)(F)(F)(F)F.[Ru+2].[Ru+2]. The molecule has 0 saturated heterocycles. The molecule has 12 rings (SSSR count). The third-order valence-corrected chi connectivity index (χ3v) is 21.9. The molecule has 0 saturated carbocycles. The standard InChI is InChI=1S/6C11H12NP.2CH2Cl2.4F6P.2Ru/c6*1-13(2)10-7-3-5-9-6-4-8-12-11(9)10;2*2-1-3;4*1-7(2,3,4,5)6;;/h6*3-8H,1-2H3;2*1H2;;;;;;/q;;;;;;;;4*-1;2*+2/p+6. The van der Waals surface area contributed by atoms with E-state index in [4.69, 9.17) is 46.4 Å². The molecule has 640 valence electrons. The zero-order valence-corrected chi connectivity index (χ0v) is 78.0.